The van der Waals surface area contributed by atoms with Gasteiger partial charge in [-0.15, -0.1) is 0 Å². The molecule has 3 rings (SSSR count). The maximum absolute atomic E-state index is 12.9. The number of rotatable bonds is 4. The van der Waals surface area contributed by atoms with Gasteiger partial charge in [0.25, 0.3) is 5.91 Å². The summed E-state index contributed by atoms with van der Waals surface area (Å²) in [5.41, 5.74) is 8.45. The highest BCUT2D eigenvalue weighted by Crippen LogP contribution is 2.27. The van der Waals surface area contributed by atoms with Crippen molar-refractivity contribution in [2.75, 3.05) is 16.0 Å². The number of hydrogen-bond donors (Lipinski definition) is 3. The van der Waals surface area contributed by atoms with Crippen LogP contribution in [0.1, 0.15) is 48.7 Å². The molecule has 1 heterocycles. The first-order valence-electron chi connectivity index (χ1n) is 10.1. The summed E-state index contributed by atoms with van der Waals surface area (Å²) in [6.45, 7) is 13.7. The minimum absolute atomic E-state index is 0.233. The van der Waals surface area contributed by atoms with Crippen LogP contribution in [0.4, 0.5) is 21.3 Å². The van der Waals surface area contributed by atoms with Crippen LogP contribution >= 0.6 is 11.3 Å². The number of hydrogen-bond acceptors (Lipinski definition) is 4. The van der Waals surface area contributed by atoms with Crippen LogP contribution in [0, 0.1) is 48.5 Å². The largest absolute Gasteiger partial charge is 0.325 e. The summed E-state index contributed by atoms with van der Waals surface area (Å²) in [6.07, 6.45) is 0. The zero-order valence-corrected chi connectivity index (χ0v) is 19.8. The predicted molar refractivity (Wildman–Crippen MR) is 129 cm³/mol. The molecule has 3 N–H and O–H groups in total. The predicted octanol–water partition coefficient (Wildman–Crippen LogP) is 6.20. The summed E-state index contributed by atoms with van der Waals surface area (Å²) >= 11 is 1.16. The molecule has 0 aliphatic carbocycles. The summed E-state index contributed by atoms with van der Waals surface area (Å²) in [6, 6.07) is 7.73. The highest BCUT2D eigenvalue weighted by molar-refractivity contribution is 7.17. The minimum atomic E-state index is -0.388. The lowest BCUT2D eigenvalue weighted by Gasteiger charge is -2.13. The van der Waals surface area contributed by atoms with Crippen LogP contribution in [-0.4, -0.2) is 16.9 Å². The van der Waals surface area contributed by atoms with E-state index in [2.05, 4.69) is 20.9 Å². The molecule has 0 fully saturated rings. The molecule has 0 unspecified atom stereocenters. The lowest BCUT2D eigenvalue weighted by Crippen LogP contribution is -2.20. The van der Waals surface area contributed by atoms with Crippen LogP contribution in [0.25, 0.3) is 0 Å². The van der Waals surface area contributed by atoms with Crippen LogP contribution in [0.3, 0.4) is 0 Å². The van der Waals surface area contributed by atoms with Gasteiger partial charge in [-0.1, -0.05) is 46.7 Å². The minimum Gasteiger partial charge on any atom is -0.321 e. The Hall–Kier alpha value is -3.19. The molecule has 0 aliphatic rings. The Bertz CT molecular complexity index is 1130. The van der Waals surface area contributed by atoms with Gasteiger partial charge in [-0.05, 0) is 70.7 Å². The van der Waals surface area contributed by atoms with E-state index in [9.17, 15) is 9.59 Å². The second kappa shape index (κ2) is 8.89. The molecule has 6 nitrogen and oxygen atoms in total. The van der Waals surface area contributed by atoms with Crippen LogP contribution in [-0.2, 0) is 0 Å². The van der Waals surface area contributed by atoms with Gasteiger partial charge in [0, 0.05) is 11.4 Å². The second-order valence-electron chi connectivity index (χ2n) is 8.01. The van der Waals surface area contributed by atoms with Gasteiger partial charge in [-0.3, -0.25) is 10.1 Å². The maximum atomic E-state index is 12.9. The second-order valence-corrected chi connectivity index (χ2v) is 9.01. The number of thiazole rings is 1. The number of nitrogens with one attached hydrogen (secondary N) is 3. The van der Waals surface area contributed by atoms with Crippen molar-refractivity contribution in [3.05, 3.63) is 68.2 Å². The topological polar surface area (TPSA) is 83.1 Å². The van der Waals surface area contributed by atoms with Crippen LogP contribution < -0.4 is 16.0 Å². The molecule has 7 heteroatoms. The molecule has 1 aromatic heterocycles. The quantitative estimate of drug-likeness (QED) is 0.455. The van der Waals surface area contributed by atoms with Gasteiger partial charge in [-0.2, -0.15) is 0 Å². The van der Waals surface area contributed by atoms with Crippen molar-refractivity contribution in [2.45, 2.75) is 48.5 Å². The van der Waals surface area contributed by atoms with Gasteiger partial charge in [0.15, 0.2) is 5.13 Å². The van der Waals surface area contributed by atoms with Crippen molar-refractivity contribution >= 4 is 39.8 Å². The van der Waals surface area contributed by atoms with Gasteiger partial charge in [0.05, 0.1) is 5.69 Å². The van der Waals surface area contributed by atoms with E-state index in [1.165, 1.54) is 0 Å². The fourth-order valence-corrected chi connectivity index (χ4v) is 4.68. The Kier molecular flexibility index (Phi) is 6.45. The molecule has 3 amide bonds. The van der Waals surface area contributed by atoms with Crippen LogP contribution in [0.2, 0.25) is 0 Å². The van der Waals surface area contributed by atoms with Gasteiger partial charge >= 0.3 is 6.03 Å². The number of anilines is 3. The van der Waals surface area contributed by atoms with Crippen molar-refractivity contribution in [3.63, 3.8) is 0 Å². The number of urea groups is 1. The lowest BCUT2D eigenvalue weighted by atomic mass is 10.1. The monoisotopic (exact) mass is 436 g/mol. The number of carbonyl (C=O) groups is 2. The van der Waals surface area contributed by atoms with E-state index in [0.717, 1.165) is 56.1 Å². The molecule has 31 heavy (non-hydrogen) atoms. The van der Waals surface area contributed by atoms with Gasteiger partial charge in [-0.25, -0.2) is 9.78 Å². The first kappa shape index (κ1) is 22.5. The molecule has 0 bridgehead atoms. The number of aromatic nitrogens is 1. The molecular weight excluding hydrogens is 408 g/mol. The number of aryl methyl sites for hydroxylation is 7. The molecule has 162 valence electrons. The number of carbonyl (C=O) groups excluding carboxylic acids is 2. The Morgan fingerprint density at radius 2 is 1.16 bits per heavy atom. The first-order chi connectivity index (χ1) is 14.5. The van der Waals surface area contributed by atoms with Crippen molar-refractivity contribution < 1.29 is 9.59 Å². The highest BCUT2D eigenvalue weighted by atomic mass is 32.1. The molecule has 3 aromatic rings. The SMILES string of the molecule is Cc1cc(C)c(NC(=O)Nc2nc(C)c(C(=O)Nc3c(C)cc(C)cc3C)s2)c(C)c1. The average Bonchev–Trinajstić information content (AvgIpc) is 3.01. The molecule has 0 atom stereocenters. The normalized spacial score (nSPS) is 10.7. The molecule has 0 spiro atoms. The summed E-state index contributed by atoms with van der Waals surface area (Å²) < 4.78 is 0. The molecule has 0 aliphatic heterocycles. The summed E-state index contributed by atoms with van der Waals surface area (Å²) in [4.78, 5) is 30.2. The third-order valence-corrected chi connectivity index (χ3v) is 6.13. The van der Waals surface area contributed by atoms with E-state index in [1.54, 1.807) is 6.92 Å². The van der Waals surface area contributed by atoms with Crippen molar-refractivity contribution in [3.8, 4) is 0 Å². The number of nitrogens with zero attached hydrogens (tertiary/aromatic N) is 1. The van der Waals surface area contributed by atoms with Crippen molar-refractivity contribution in [1.82, 2.24) is 4.98 Å². The van der Waals surface area contributed by atoms with Crippen LogP contribution in [0.15, 0.2) is 24.3 Å². The average molecular weight is 437 g/mol. The zero-order chi connectivity index (χ0) is 22.9. The number of amides is 3. The van der Waals surface area contributed by atoms with E-state index >= 15 is 0 Å². The fraction of sp³-hybridized carbons (Fsp3) is 0.292. The van der Waals surface area contributed by atoms with E-state index in [1.807, 2.05) is 65.8 Å². The molecule has 0 saturated carbocycles. The van der Waals surface area contributed by atoms with Gasteiger partial charge in [0.1, 0.15) is 4.88 Å². The van der Waals surface area contributed by atoms with E-state index in [0.29, 0.717) is 15.7 Å². The lowest BCUT2D eigenvalue weighted by molar-refractivity contribution is 0.102. The highest BCUT2D eigenvalue weighted by Gasteiger charge is 2.19. The van der Waals surface area contributed by atoms with E-state index in [-0.39, 0.29) is 11.9 Å². The van der Waals surface area contributed by atoms with Gasteiger partial charge in [0.2, 0.25) is 0 Å². The standard InChI is InChI=1S/C24H28N4O2S/c1-12-8-14(3)19(15(4)9-12)26-22(29)21-18(7)25-24(31-21)28-23(30)27-20-16(5)10-13(2)11-17(20)6/h8-11H,1-7H3,(H,26,29)(H2,25,27,28,30). The van der Waals surface area contributed by atoms with Crippen molar-refractivity contribution in [1.29, 1.82) is 0 Å². The molecule has 2 aromatic carbocycles. The first-order valence-corrected chi connectivity index (χ1v) is 10.9. The van der Waals surface area contributed by atoms with Crippen LogP contribution in [0.5, 0.6) is 0 Å². The Labute approximate surface area is 187 Å². The zero-order valence-electron chi connectivity index (χ0n) is 19.0. The number of benzene rings is 2. The third-order valence-electron chi connectivity index (χ3n) is 5.05. The summed E-state index contributed by atoms with van der Waals surface area (Å²) in [7, 11) is 0. The smallest absolute Gasteiger partial charge is 0.321 e. The van der Waals surface area contributed by atoms with E-state index < -0.39 is 0 Å². The molecule has 0 saturated heterocycles. The maximum Gasteiger partial charge on any atom is 0.325 e. The summed E-state index contributed by atoms with van der Waals surface area (Å²) in [5, 5.41) is 9.00. The Morgan fingerprint density at radius 1 is 0.710 bits per heavy atom. The Balaban J connectivity index is 1.74. The fourth-order valence-electron chi connectivity index (χ4n) is 3.83. The summed E-state index contributed by atoms with van der Waals surface area (Å²) in [5.74, 6) is -0.233. The Morgan fingerprint density at radius 3 is 1.65 bits per heavy atom. The molecule has 0 radical (unpaired) electrons. The van der Waals surface area contributed by atoms with E-state index in [4.69, 9.17) is 0 Å². The van der Waals surface area contributed by atoms with Gasteiger partial charge < -0.3 is 10.6 Å². The van der Waals surface area contributed by atoms with Crippen molar-refractivity contribution in [2.24, 2.45) is 0 Å². The molecular formula is C24H28N4O2S. The third kappa shape index (κ3) is 5.11.